The number of hydrogen-bond donors (Lipinski definition) is 2. The first-order valence-corrected chi connectivity index (χ1v) is 7.41. The zero-order valence-electron chi connectivity index (χ0n) is 11.4. The van der Waals surface area contributed by atoms with Gasteiger partial charge in [0.05, 0.1) is 16.1 Å². The fraction of sp³-hybridized carbons (Fsp3) is 0.214. The standard InChI is InChI=1S/C14H13ClN2O3S/c1-3-8-5-9(14(19)20)13(21-8)17-12(18)10-6-16-7(2)4-11(10)15/h4-6H,3H2,1-2H3,(H,17,18)(H,19,20). The van der Waals surface area contributed by atoms with E-state index < -0.39 is 11.9 Å². The van der Waals surface area contributed by atoms with Gasteiger partial charge in [0.15, 0.2) is 0 Å². The Kier molecular flexibility index (Phi) is 4.59. The van der Waals surface area contributed by atoms with Crippen molar-refractivity contribution in [3.63, 3.8) is 0 Å². The molecule has 0 atom stereocenters. The molecule has 0 saturated carbocycles. The Morgan fingerprint density at radius 1 is 1.38 bits per heavy atom. The minimum atomic E-state index is -1.07. The van der Waals surface area contributed by atoms with E-state index >= 15 is 0 Å². The molecule has 5 nitrogen and oxygen atoms in total. The van der Waals surface area contributed by atoms with Crippen LogP contribution in [-0.4, -0.2) is 22.0 Å². The zero-order chi connectivity index (χ0) is 15.6. The number of halogens is 1. The highest BCUT2D eigenvalue weighted by atomic mass is 35.5. The molecule has 110 valence electrons. The van der Waals surface area contributed by atoms with Gasteiger partial charge in [0.1, 0.15) is 5.00 Å². The average molecular weight is 325 g/mol. The third kappa shape index (κ3) is 3.40. The highest BCUT2D eigenvalue weighted by Crippen LogP contribution is 2.29. The van der Waals surface area contributed by atoms with E-state index in [9.17, 15) is 9.59 Å². The van der Waals surface area contributed by atoms with Crippen LogP contribution in [0.3, 0.4) is 0 Å². The number of hydrogen-bond acceptors (Lipinski definition) is 4. The summed E-state index contributed by atoms with van der Waals surface area (Å²) in [6.45, 7) is 3.69. The number of pyridine rings is 1. The van der Waals surface area contributed by atoms with Gasteiger partial charge in [-0.25, -0.2) is 4.79 Å². The number of amides is 1. The smallest absolute Gasteiger partial charge is 0.338 e. The molecule has 0 aliphatic rings. The largest absolute Gasteiger partial charge is 0.478 e. The maximum atomic E-state index is 12.2. The van der Waals surface area contributed by atoms with Crippen LogP contribution >= 0.6 is 22.9 Å². The molecule has 0 unspecified atom stereocenters. The molecular weight excluding hydrogens is 312 g/mol. The van der Waals surface area contributed by atoms with E-state index in [1.165, 1.54) is 17.5 Å². The van der Waals surface area contributed by atoms with Gasteiger partial charge in [-0.3, -0.25) is 9.78 Å². The Morgan fingerprint density at radius 2 is 2.10 bits per heavy atom. The van der Waals surface area contributed by atoms with Crippen molar-refractivity contribution in [3.05, 3.63) is 45.1 Å². The molecule has 0 saturated heterocycles. The number of nitrogens with zero attached hydrogens (tertiary/aromatic N) is 1. The van der Waals surface area contributed by atoms with E-state index in [2.05, 4.69) is 10.3 Å². The fourth-order valence-corrected chi connectivity index (χ4v) is 3.01. The van der Waals surface area contributed by atoms with Gasteiger partial charge in [0.2, 0.25) is 0 Å². The number of aromatic carboxylic acids is 1. The van der Waals surface area contributed by atoms with Crippen molar-refractivity contribution >= 4 is 39.8 Å². The molecular formula is C14H13ClN2O3S. The number of carboxylic acid groups (broad SMARTS) is 1. The van der Waals surface area contributed by atoms with E-state index in [0.717, 1.165) is 4.88 Å². The molecule has 0 aromatic carbocycles. The van der Waals surface area contributed by atoms with Crippen LogP contribution in [0, 0.1) is 6.92 Å². The molecule has 0 radical (unpaired) electrons. The minimum absolute atomic E-state index is 0.0846. The molecule has 1 amide bonds. The summed E-state index contributed by atoms with van der Waals surface area (Å²) in [5.41, 5.74) is 0.999. The second-order valence-corrected chi connectivity index (χ2v) is 5.92. The van der Waals surface area contributed by atoms with Crippen LogP contribution in [0.2, 0.25) is 5.02 Å². The minimum Gasteiger partial charge on any atom is -0.478 e. The first-order chi connectivity index (χ1) is 9.92. The van der Waals surface area contributed by atoms with Gasteiger partial charge in [-0.05, 0) is 25.5 Å². The predicted octanol–water partition coefficient (Wildman–Crippen LogP) is 3.62. The van der Waals surface area contributed by atoms with Gasteiger partial charge in [-0.2, -0.15) is 0 Å². The van der Waals surface area contributed by atoms with Crippen LogP contribution in [0.5, 0.6) is 0 Å². The summed E-state index contributed by atoms with van der Waals surface area (Å²) in [7, 11) is 0. The lowest BCUT2D eigenvalue weighted by Gasteiger charge is -2.06. The van der Waals surface area contributed by atoms with Crippen molar-refractivity contribution < 1.29 is 14.7 Å². The molecule has 0 fully saturated rings. The monoisotopic (exact) mass is 324 g/mol. The Labute approximate surface area is 130 Å². The lowest BCUT2D eigenvalue weighted by atomic mass is 10.2. The molecule has 21 heavy (non-hydrogen) atoms. The van der Waals surface area contributed by atoms with Crippen molar-refractivity contribution in [1.82, 2.24) is 4.98 Å². The lowest BCUT2D eigenvalue weighted by molar-refractivity contribution is 0.0698. The number of carboxylic acids is 1. The maximum absolute atomic E-state index is 12.2. The number of aryl methyl sites for hydroxylation is 2. The van der Waals surface area contributed by atoms with Crippen LogP contribution in [-0.2, 0) is 6.42 Å². The highest BCUT2D eigenvalue weighted by Gasteiger charge is 2.19. The summed E-state index contributed by atoms with van der Waals surface area (Å²) < 4.78 is 0. The van der Waals surface area contributed by atoms with E-state index in [4.69, 9.17) is 16.7 Å². The second kappa shape index (κ2) is 6.24. The Morgan fingerprint density at radius 3 is 2.67 bits per heavy atom. The number of nitrogens with one attached hydrogen (secondary N) is 1. The maximum Gasteiger partial charge on any atom is 0.338 e. The van der Waals surface area contributed by atoms with E-state index in [1.807, 2.05) is 6.92 Å². The molecule has 2 aromatic heterocycles. The third-order valence-corrected chi connectivity index (χ3v) is 4.33. The molecule has 2 aromatic rings. The number of thiophene rings is 1. The highest BCUT2D eigenvalue weighted by molar-refractivity contribution is 7.16. The van der Waals surface area contributed by atoms with Crippen molar-refractivity contribution in [2.24, 2.45) is 0 Å². The van der Waals surface area contributed by atoms with Crippen LogP contribution in [0.1, 0.15) is 38.2 Å². The summed E-state index contributed by atoms with van der Waals surface area (Å²) >= 11 is 7.26. The molecule has 0 aliphatic heterocycles. The van der Waals surface area contributed by atoms with Crippen molar-refractivity contribution in [2.75, 3.05) is 5.32 Å². The number of carbonyl (C=O) groups excluding carboxylic acids is 1. The Balaban J connectivity index is 2.31. The van der Waals surface area contributed by atoms with Crippen LogP contribution in [0.15, 0.2) is 18.3 Å². The van der Waals surface area contributed by atoms with Crippen molar-refractivity contribution in [2.45, 2.75) is 20.3 Å². The normalized spacial score (nSPS) is 10.4. The summed E-state index contributed by atoms with van der Waals surface area (Å²) in [6.07, 6.45) is 2.08. The van der Waals surface area contributed by atoms with Crippen molar-refractivity contribution in [3.8, 4) is 0 Å². The molecule has 2 rings (SSSR count). The first kappa shape index (κ1) is 15.5. The quantitative estimate of drug-likeness (QED) is 0.900. The number of aromatic nitrogens is 1. The molecule has 0 aliphatic carbocycles. The molecule has 2 N–H and O–H groups in total. The second-order valence-electron chi connectivity index (χ2n) is 4.37. The van der Waals surface area contributed by atoms with Gasteiger partial charge in [0.25, 0.3) is 5.91 Å². The van der Waals surface area contributed by atoms with Gasteiger partial charge < -0.3 is 10.4 Å². The topological polar surface area (TPSA) is 79.3 Å². The van der Waals surface area contributed by atoms with Crippen molar-refractivity contribution in [1.29, 1.82) is 0 Å². The number of rotatable bonds is 4. The zero-order valence-corrected chi connectivity index (χ0v) is 13.0. The Hall–Kier alpha value is -1.92. The summed E-state index contributed by atoms with van der Waals surface area (Å²) in [6, 6.07) is 3.15. The summed E-state index contributed by atoms with van der Waals surface area (Å²) in [4.78, 5) is 28.3. The third-order valence-electron chi connectivity index (χ3n) is 2.82. The molecule has 0 spiro atoms. The first-order valence-electron chi connectivity index (χ1n) is 6.21. The number of anilines is 1. The average Bonchev–Trinajstić information content (AvgIpc) is 2.81. The van der Waals surface area contributed by atoms with E-state index in [1.54, 1.807) is 19.1 Å². The van der Waals surface area contributed by atoms with Crippen LogP contribution in [0.4, 0.5) is 5.00 Å². The fourth-order valence-electron chi connectivity index (χ4n) is 1.73. The van der Waals surface area contributed by atoms with Crippen LogP contribution < -0.4 is 5.32 Å². The molecule has 7 heteroatoms. The molecule has 2 heterocycles. The Bertz CT molecular complexity index is 712. The molecule has 0 bridgehead atoms. The van der Waals surface area contributed by atoms with Gasteiger partial charge in [-0.15, -0.1) is 11.3 Å². The van der Waals surface area contributed by atoms with E-state index in [0.29, 0.717) is 17.1 Å². The summed E-state index contributed by atoms with van der Waals surface area (Å²) in [5.74, 6) is -1.55. The lowest BCUT2D eigenvalue weighted by Crippen LogP contribution is -2.14. The summed E-state index contributed by atoms with van der Waals surface area (Å²) in [5, 5.41) is 12.4. The number of carbonyl (C=O) groups is 2. The van der Waals surface area contributed by atoms with Gasteiger partial charge in [-0.1, -0.05) is 18.5 Å². The van der Waals surface area contributed by atoms with Crippen LogP contribution in [0.25, 0.3) is 0 Å². The van der Waals surface area contributed by atoms with Gasteiger partial charge >= 0.3 is 5.97 Å². The van der Waals surface area contributed by atoms with Gasteiger partial charge in [0, 0.05) is 16.8 Å². The predicted molar refractivity (Wildman–Crippen MR) is 82.6 cm³/mol. The van der Waals surface area contributed by atoms with E-state index in [-0.39, 0.29) is 16.1 Å². The SMILES string of the molecule is CCc1cc(C(=O)O)c(NC(=O)c2cnc(C)cc2Cl)s1.